The Morgan fingerprint density at radius 3 is 2.48 bits per heavy atom. The van der Waals surface area contributed by atoms with Crippen molar-refractivity contribution in [3.05, 3.63) is 36.4 Å². The van der Waals surface area contributed by atoms with Crippen molar-refractivity contribution in [2.75, 3.05) is 5.32 Å². The molecule has 2 aromatic rings. The minimum absolute atomic E-state index is 0.0895. The molecule has 2 aliphatic carbocycles. The number of benzene rings is 1. The summed E-state index contributed by atoms with van der Waals surface area (Å²) in [6, 6.07) is 8.02. The van der Waals surface area contributed by atoms with E-state index in [1.807, 2.05) is 31.2 Å². The fourth-order valence-electron chi connectivity index (χ4n) is 4.46. The Morgan fingerprint density at radius 2 is 1.88 bits per heavy atom. The Morgan fingerprint density at radius 1 is 1.20 bits per heavy atom. The van der Waals surface area contributed by atoms with Gasteiger partial charge in [0.25, 0.3) is 0 Å². The maximum Gasteiger partial charge on any atom is 0.227 e. The summed E-state index contributed by atoms with van der Waals surface area (Å²) >= 11 is 0. The number of carbonyl (C=O) groups excluding carboxylic acids is 1. The van der Waals surface area contributed by atoms with Crippen molar-refractivity contribution in [2.24, 2.45) is 23.5 Å². The maximum absolute atomic E-state index is 12.7. The highest BCUT2D eigenvalue weighted by Gasteiger charge is 2.40. The number of carbonyl (C=O) groups is 1. The first-order chi connectivity index (χ1) is 12.1. The van der Waals surface area contributed by atoms with Gasteiger partial charge in [-0.05, 0) is 61.8 Å². The summed E-state index contributed by atoms with van der Waals surface area (Å²) < 4.78 is 5.53. The van der Waals surface area contributed by atoms with E-state index < -0.39 is 0 Å². The zero-order valence-corrected chi connectivity index (χ0v) is 14.6. The van der Waals surface area contributed by atoms with Crippen LogP contribution in [0.1, 0.15) is 38.0 Å². The van der Waals surface area contributed by atoms with Gasteiger partial charge in [-0.25, -0.2) is 4.98 Å². The number of aryl methyl sites for hydroxylation is 1. The summed E-state index contributed by atoms with van der Waals surface area (Å²) in [5.41, 5.74) is 8.11. The third-order valence-electron chi connectivity index (χ3n) is 5.84. The molecule has 1 aromatic carbocycles. The third-order valence-corrected chi connectivity index (χ3v) is 5.84. The average molecular weight is 339 g/mol. The number of fused-ring (bicyclic) bond motifs is 2. The van der Waals surface area contributed by atoms with E-state index in [0.29, 0.717) is 23.8 Å². The number of nitrogens with two attached hydrogens (primary N) is 1. The van der Waals surface area contributed by atoms with Gasteiger partial charge in [0.05, 0.1) is 6.20 Å². The van der Waals surface area contributed by atoms with Crippen molar-refractivity contribution in [1.29, 1.82) is 0 Å². The van der Waals surface area contributed by atoms with Crippen LogP contribution in [0.3, 0.4) is 0 Å². The van der Waals surface area contributed by atoms with Gasteiger partial charge in [0, 0.05) is 30.1 Å². The van der Waals surface area contributed by atoms with Gasteiger partial charge in [0.2, 0.25) is 5.91 Å². The number of nitrogens with one attached hydrogen (secondary N) is 1. The van der Waals surface area contributed by atoms with E-state index in [1.54, 1.807) is 6.20 Å². The standard InChI is InChI=1S/C20H25N3O2/c1-12-22-11-18(25-12)13-5-7-17(8-6-13)23-20(24)16-9-14-3-2-4-15(10-16)19(14)21/h5-8,11,14-16,19H,2-4,9-10,21H2,1H3,(H,23,24). The van der Waals surface area contributed by atoms with Crippen LogP contribution in [0.5, 0.6) is 0 Å². The van der Waals surface area contributed by atoms with E-state index in [1.165, 1.54) is 19.3 Å². The molecule has 5 nitrogen and oxygen atoms in total. The molecule has 2 saturated carbocycles. The second kappa shape index (κ2) is 6.64. The number of aromatic nitrogens is 1. The first-order valence-electron chi connectivity index (χ1n) is 9.19. The van der Waals surface area contributed by atoms with Gasteiger partial charge in [-0.1, -0.05) is 6.42 Å². The predicted molar refractivity (Wildman–Crippen MR) is 96.8 cm³/mol. The lowest BCUT2D eigenvalue weighted by Gasteiger charge is -2.43. The quantitative estimate of drug-likeness (QED) is 0.892. The topological polar surface area (TPSA) is 81.2 Å². The maximum atomic E-state index is 12.7. The highest BCUT2D eigenvalue weighted by Crippen LogP contribution is 2.42. The number of rotatable bonds is 3. The molecule has 2 bridgehead atoms. The van der Waals surface area contributed by atoms with Gasteiger partial charge in [-0.3, -0.25) is 4.79 Å². The summed E-state index contributed by atoms with van der Waals surface area (Å²) in [5.74, 6) is 2.64. The normalized spacial score (nSPS) is 28.6. The Kier molecular flexibility index (Phi) is 4.34. The average Bonchev–Trinajstić information content (AvgIpc) is 3.01. The van der Waals surface area contributed by atoms with Crippen molar-refractivity contribution >= 4 is 11.6 Å². The number of oxazole rings is 1. The molecule has 0 radical (unpaired) electrons. The zero-order chi connectivity index (χ0) is 17.4. The van der Waals surface area contributed by atoms with Gasteiger partial charge >= 0.3 is 0 Å². The summed E-state index contributed by atoms with van der Waals surface area (Å²) in [6.07, 6.45) is 7.18. The number of hydrogen-bond donors (Lipinski definition) is 2. The third kappa shape index (κ3) is 3.33. The fraction of sp³-hybridized carbons (Fsp3) is 0.500. The lowest BCUT2D eigenvalue weighted by atomic mass is 9.65. The molecule has 2 atom stereocenters. The second-order valence-electron chi connectivity index (χ2n) is 7.51. The minimum atomic E-state index is 0.0895. The van der Waals surface area contributed by atoms with Crippen molar-refractivity contribution in [3.8, 4) is 11.3 Å². The van der Waals surface area contributed by atoms with E-state index >= 15 is 0 Å². The monoisotopic (exact) mass is 339 g/mol. The highest BCUT2D eigenvalue weighted by molar-refractivity contribution is 5.92. The molecule has 2 aliphatic rings. The van der Waals surface area contributed by atoms with Crippen LogP contribution in [0.25, 0.3) is 11.3 Å². The summed E-state index contributed by atoms with van der Waals surface area (Å²) in [4.78, 5) is 16.8. The molecular weight excluding hydrogens is 314 g/mol. The van der Waals surface area contributed by atoms with Gasteiger partial charge in [0.1, 0.15) is 0 Å². The predicted octanol–water partition coefficient (Wildman–Crippen LogP) is 3.74. The molecule has 25 heavy (non-hydrogen) atoms. The molecule has 5 heteroatoms. The number of nitrogens with zero attached hydrogens (tertiary/aromatic N) is 1. The van der Waals surface area contributed by atoms with E-state index in [-0.39, 0.29) is 11.8 Å². The molecule has 0 saturated heterocycles. The minimum Gasteiger partial charge on any atom is -0.441 e. The van der Waals surface area contributed by atoms with Crippen LogP contribution in [-0.4, -0.2) is 16.9 Å². The van der Waals surface area contributed by atoms with E-state index in [9.17, 15) is 4.79 Å². The van der Waals surface area contributed by atoms with E-state index in [0.717, 1.165) is 29.9 Å². The van der Waals surface area contributed by atoms with Crippen LogP contribution in [0.15, 0.2) is 34.9 Å². The molecule has 2 unspecified atom stereocenters. The smallest absolute Gasteiger partial charge is 0.227 e. The summed E-state index contributed by atoms with van der Waals surface area (Å²) in [7, 11) is 0. The second-order valence-corrected chi connectivity index (χ2v) is 7.51. The Hall–Kier alpha value is -2.14. The first-order valence-corrected chi connectivity index (χ1v) is 9.19. The molecule has 3 N–H and O–H groups in total. The lowest BCUT2D eigenvalue weighted by molar-refractivity contribution is -0.122. The van der Waals surface area contributed by atoms with Crippen LogP contribution >= 0.6 is 0 Å². The van der Waals surface area contributed by atoms with E-state index in [4.69, 9.17) is 10.2 Å². The number of amides is 1. The van der Waals surface area contributed by atoms with Crippen molar-refractivity contribution < 1.29 is 9.21 Å². The zero-order valence-electron chi connectivity index (χ0n) is 14.6. The van der Waals surface area contributed by atoms with Crippen LogP contribution in [-0.2, 0) is 4.79 Å². The summed E-state index contributed by atoms with van der Waals surface area (Å²) in [6.45, 7) is 1.82. The largest absolute Gasteiger partial charge is 0.441 e. The van der Waals surface area contributed by atoms with Crippen molar-refractivity contribution in [2.45, 2.75) is 45.1 Å². The molecule has 0 spiro atoms. The van der Waals surface area contributed by atoms with E-state index in [2.05, 4.69) is 10.3 Å². The Balaban J connectivity index is 1.41. The van der Waals surface area contributed by atoms with Crippen molar-refractivity contribution in [1.82, 2.24) is 4.98 Å². The number of anilines is 1. The van der Waals surface area contributed by atoms with Gasteiger partial charge in [-0.15, -0.1) is 0 Å². The van der Waals surface area contributed by atoms with Crippen molar-refractivity contribution in [3.63, 3.8) is 0 Å². The molecular formula is C20H25N3O2. The molecule has 1 amide bonds. The van der Waals surface area contributed by atoms with Crippen LogP contribution in [0.2, 0.25) is 0 Å². The molecule has 2 fully saturated rings. The SMILES string of the molecule is Cc1ncc(-c2ccc(NC(=O)C3CC4CCCC(C3)C4N)cc2)o1. The molecule has 4 rings (SSSR count). The Labute approximate surface area is 148 Å². The fourth-order valence-corrected chi connectivity index (χ4v) is 4.46. The van der Waals surface area contributed by atoms with Gasteiger partial charge in [0.15, 0.2) is 11.7 Å². The van der Waals surface area contributed by atoms with Gasteiger partial charge < -0.3 is 15.5 Å². The number of hydrogen-bond acceptors (Lipinski definition) is 4. The summed E-state index contributed by atoms with van der Waals surface area (Å²) in [5, 5.41) is 3.07. The Bertz CT molecular complexity index is 739. The molecule has 1 heterocycles. The highest BCUT2D eigenvalue weighted by atomic mass is 16.4. The molecule has 132 valence electrons. The van der Waals surface area contributed by atoms with Crippen LogP contribution in [0.4, 0.5) is 5.69 Å². The molecule has 1 aromatic heterocycles. The first kappa shape index (κ1) is 16.3. The van der Waals surface area contributed by atoms with Crippen LogP contribution in [0, 0.1) is 24.7 Å². The lowest BCUT2D eigenvalue weighted by Crippen LogP contribution is -2.48. The van der Waals surface area contributed by atoms with Crippen LogP contribution < -0.4 is 11.1 Å². The van der Waals surface area contributed by atoms with Gasteiger partial charge in [-0.2, -0.15) is 0 Å². The molecule has 0 aliphatic heterocycles.